The number of hydrogen-bond acceptors (Lipinski definition) is 6. The minimum atomic E-state index is -3.76. The lowest BCUT2D eigenvalue weighted by atomic mass is 9.96. The number of morpholine rings is 1. The van der Waals surface area contributed by atoms with Crippen LogP contribution in [0.5, 0.6) is 5.75 Å². The summed E-state index contributed by atoms with van der Waals surface area (Å²) in [5, 5.41) is 2.71. The molecule has 3 N–H and O–H groups in total. The number of sulfonamides is 1. The van der Waals surface area contributed by atoms with Gasteiger partial charge in [0.2, 0.25) is 15.9 Å². The first-order chi connectivity index (χ1) is 12.2. The minimum absolute atomic E-state index is 0.00826. The fourth-order valence-corrected chi connectivity index (χ4v) is 4.38. The summed E-state index contributed by atoms with van der Waals surface area (Å²) in [5.41, 5.74) is 5.37. The van der Waals surface area contributed by atoms with Crippen LogP contribution in [0.25, 0.3) is 0 Å². The number of nitrogens with two attached hydrogens (primary N) is 1. The van der Waals surface area contributed by atoms with Crippen molar-refractivity contribution in [2.75, 3.05) is 38.7 Å². The van der Waals surface area contributed by atoms with Gasteiger partial charge in [-0.05, 0) is 31.5 Å². The van der Waals surface area contributed by atoms with E-state index in [-0.39, 0.29) is 29.6 Å². The molecule has 0 aromatic heterocycles. The van der Waals surface area contributed by atoms with Gasteiger partial charge in [-0.2, -0.15) is 4.31 Å². The second kappa shape index (κ2) is 8.34. The first-order valence-corrected chi connectivity index (χ1v) is 10.0. The number of nitrogens with one attached hydrogen (secondary N) is 1. The largest absolute Gasteiger partial charge is 0.495 e. The van der Waals surface area contributed by atoms with Crippen LogP contribution < -0.4 is 15.8 Å². The van der Waals surface area contributed by atoms with Gasteiger partial charge in [0.1, 0.15) is 10.6 Å². The van der Waals surface area contributed by atoms with E-state index in [2.05, 4.69) is 5.32 Å². The van der Waals surface area contributed by atoms with Gasteiger partial charge >= 0.3 is 0 Å². The number of benzene rings is 1. The summed E-state index contributed by atoms with van der Waals surface area (Å²) in [7, 11) is -2.36. The molecule has 1 aromatic carbocycles. The van der Waals surface area contributed by atoms with Crippen LogP contribution in [0.4, 0.5) is 5.69 Å². The van der Waals surface area contributed by atoms with Gasteiger partial charge in [-0.25, -0.2) is 8.42 Å². The zero-order chi connectivity index (χ0) is 19.4. The SMILES string of the molecule is CCCC(C)(N)C(=O)Nc1ccc(OC)c(S(=O)(=O)N2CCOCC2)c1. The molecule has 0 saturated carbocycles. The Morgan fingerprint density at radius 1 is 1.38 bits per heavy atom. The van der Waals surface area contributed by atoms with E-state index in [1.54, 1.807) is 13.0 Å². The second-order valence-corrected chi connectivity index (χ2v) is 8.41. The molecule has 9 heteroatoms. The maximum absolute atomic E-state index is 13.0. The van der Waals surface area contributed by atoms with Gasteiger partial charge in [0.15, 0.2) is 0 Å². The van der Waals surface area contributed by atoms with Crippen LogP contribution in [0.3, 0.4) is 0 Å². The van der Waals surface area contributed by atoms with Crippen molar-refractivity contribution in [3.05, 3.63) is 18.2 Å². The molecular weight excluding hydrogens is 358 g/mol. The van der Waals surface area contributed by atoms with E-state index < -0.39 is 15.6 Å². The molecule has 146 valence electrons. The molecule has 1 aliphatic heterocycles. The molecule has 1 unspecified atom stereocenters. The van der Waals surface area contributed by atoms with Crippen LogP contribution in [-0.2, 0) is 19.6 Å². The topological polar surface area (TPSA) is 111 Å². The summed E-state index contributed by atoms with van der Waals surface area (Å²) in [6.45, 7) is 4.85. The van der Waals surface area contributed by atoms with Crippen molar-refractivity contribution in [1.29, 1.82) is 0 Å². The quantitative estimate of drug-likeness (QED) is 0.729. The van der Waals surface area contributed by atoms with Crippen molar-refractivity contribution in [2.24, 2.45) is 5.73 Å². The summed E-state index contributed by atoms with van der Waals surface area (Å²) in [6.07, 6.45) is 1.29. The average Bonchev–Trinajstić information content (AvgIpc) is 2.62. The molecule has 1 saturated heterocycles. The zero-order valence-corrected chi connectivity index (χ0v) is 16.3. The molecular formula is C17H27N3O5S. The molecule has 1 heterocycles. The highest BCUT2D eigenvalue weighted by atomic mass is 32.2. The Morgan fingerprint density at radius 2 is 2.04 bits per heavy atom. The van der Waals surface area contributed by atoms with E-state index in [0.717, 1.165) is 6.42 Å². The highest BCUT2D eigenvalue weighted by molar-refractivity contribution is 7.89. The standard InChI is InChI=1S/C17H27N3O5S/c1-4-7-17(2,18)16(21)19-13-5-6-14(24-3)15(12-13)26(22,23)20-8-10-25-11-9-20/h5-6,12H,4,7-11,18H2,1-3H3,(H,19,21). The molecule has 1 aromatic rings. The molecule has 0 bridgehead atoms. The van der Waals surface area contributed by atoms with E-state index >= 15 is 0 Å². The van der Waals surface area contributed by atoms with Gasteiger partial charge in [-0.15, -0.1) is 0 Å². The normalized spacial score (nSPS) is 18.2. The number of amides is 1. The number of rotatable bonds is 7. The van der Waals surface area contributed by atoms with Crippen molar-refractivity contribution in [3.63, 3.8) is 0 Å². The number of carbonyl (C=O) groups excluding carboxylic acids is 1. The molecule has 0 spiro atoms. The third-order valence-electron chi connectivity index (χ3n) is 4.30. The van der Waals surface area contributed by atoms with Crippen LogP contribution in [0.1, 0.15) is 26.7 Å². The van der Waals surface area contributed by atoms with Crippen molar-refractivity contribution in [3.8, 4) is 5.75 Å². The van der Waals surface area contributed by atoms with E-state index in [4.69, 9.17) is 15.2 Å². The number of nitrogens with zero attached hydrogens (tertiary/aromatic N) is 1. The highest BCUT2D eigenvalue weighted by Gasteiger charge is 2.31. The maximum Gasteiger partial charge on any atom is 0.246 e. The van der Waals surface area contributed by atoms with Crippen LogP contribution in [0.2, 0.25) is 0 Å². The van der Waals surface area contributed by atoms with Crippen molar-refractivity contribution in [2.45, 2.75) is 37.1 Å². The van der Waals surface area contributed by atoms with E-state index in [9.17, 15) is 13.2 Å². The van der Waals surface area contributed by atoms with Gasteiger partial charge < -0.3 is 20.5 Å². The van der Waals surface area contributed by atoms with Gasteiger partial charge in [0, 0.05) is 18.8 Å². The third-order valence-corrected chi connectivity index (χ3v) is 6.22. The summed E-state index contributed by atoms with van der Waals surface area (Å²) in [5.74, 6) is -0.141. The van der Waals surface area contributed by atoms with Crippen molar-refractivity contribution < 1.29 is 22.7 Å². The highest BCUT2D eigenvalue weighted by Crippen LogP contribution is 2.30. The summed E-state index contributed by atoms with van der Waals surface area (Å²) in [4.78, 5) is 12.4. The van der Waals surface area contributed by atoms with Crippen LogP contribution >= 0.6 is 0 Å². The lowest BCUT2D eigenvalue weighted by Gasteiger charge is -2.27. The molecule has 8 nitrogen and oxygen atoms in total. The smallest absolute Gasteiger partial charge is 0.246 e. The number of anilines is 1. The average molecular weight is 385 g/mol. The molecule has 1 amide bonds. The lowest BCUT2D eigenvalue weighted by molar-refractivity contribution is -0.120. The fourth-order valence-electron chi connectivity index (χ4n) is 2.79. The molecule has 2 rings (SSSR count). The number of methoxy groups -OCH3 is 1. The van der Waals surface area contributed by atoms with Crippen LogP contribution in [-0.4, -0.2) is 57.6 Å². The summed E-state index contributed by atoms with van der Waals surface area (Å²) in [6, 6.07) is 4.53. The van der Waals surface area contributed by atoms with Crippen LogP contribution in [0, 0.1) is 0 Å². The molecule has 0 radical (unpaired) electrons. The van der Waals surface area contributed by atoms with Gasteiger partial charge in [-0.1, -0.05) is 13.3 Å². The molecule has 1 aliphatic rings. The Labute approximate surface area is 154 Å². The predicted molar refractivity (Wildman–Crippen MR) is 98.7 cm³/mol. The van der Waals surface area contributed by atoms with Gasteiger partial charge in [0.25, 0.3) is 0 Å². The van der Waals surface area contributed by atoms with E-state index in [0.29, 0.717) is 25.3 Å². The Kier molecular flexibility index (Phi) is 6.62. The fraction of sp³-hybridized carbons (Fsp3) is 0.588. The summed E-state index contributed by atoms with van der Waals surface area (Å²) < 4.78 is 37.7. The first kappa shape index (κ1) is 20.6. The first-order valence-electron chi connectivity index (χ1n) is 8.58. The van der Waals surface area contributed by atoms with E-state index in [1.165, 1.54) is 23.5 Å². The van der Waals surface area contributed by atoms with Crippen molar-refractivity contribution >= 4 is 21.6 Å². The molecule has 26 heavy (non-hydrogen) atoms. The number of ether oxygens (including phenoxy) is 2. The monoisotopic (exact) mass is 385 g/mol. The predicted octanol–water partition coefficient (Wildman–Crippen LogP) is 1.17. The third kappa shape index (κ3) is 4.53. The summed E-state index contributed by atoms with van der Waals surface area (Å²) >= 11 is 0. The molecule has 1 fully saturated rings. The van der Waals surface area contributed by atoms with Crippen molar-refractivity contribution in [1.82, 2.24) is 4.31 Å². The molecule has 0 aliphatic carbocycles. The molecule has 1 atom stereocenters. The van der Waals surface area contributed by atoms with Crippen LogP contribution in [0.15, 0.2) is 23.1 Å². The number of carbonyl (C=O) groups is 1. The minimum Gasteiger partial charge on any atom is -0.495 e. The maximum atomic E-state index is 13.0. The Bertz CT molecular complexity index is 743. The van der Waals surface area contributed by atoms with E-state index in [1.807, 2.05) is 6.92 Å². The van der Waals surface area contributed by atoms with Gasteiger partial charge in [0.05, 0.1) is 25.9 Å². The van der Waals surface area contributed by atoms with Gasteiger partial charge in [-0.3, -0.25) is 4.79 Å². The number of hydrogen-bond donors (Lipinski definition) is 2. The zero-order valence-electron chi connectivity index (χ0n) is 15.4. The Morgan fingerprint density at radius 3 is 2.62 bits per heavy atom. The lowest BCUT2D eigenvalue weighted by Crippen LogP contribution is -2.48. The Balaban J connectivity index is 2.32. The Hall–Kier alpha value is -1.68. The second-order valence-electron chi connectivity index (χ2n) is 6.50.